The lowest BCUT2D eigenvalue weighted by atomic mass is 10.2. The molecular weight excluding hydrogens is 298 g/mol. The van der Waals surface area contributed by atoms with Crippen molar-refractivity contribution in [3.63, 3.8) is 0 Å². The maximum atomic E-state index is 12.7. The van der Waals surface area contributed by atoms with E-state index in [0.717, 1.165) is 23.9 Å². The molecule has 0 bridgehead atoms. The molecule has 2 heterocycles. The van der Waals surface area contributed by atoms with Gasteiger partial charge in [0.2, 0.25) is 10.0 Å². The Morgan fingerprint density at radius 2 is 2.29 bits per heavy atom. The zero-order chi connectivity index (χ0) is 15.0. The summed E-state index contributed by atoms with van der Waals surface area (Å²) in [7, 11) is -3.65. The van der Waals surface area contributed by atoms with Crippen molar-refractivity contribution in [2.24, 2.45) is 0 Å². The number of fused-ring (bicyclic) bond motifs is 1. The van der Waals surface area contributed by atoms with E-state index in [1.165, 1.54) is 16.7 Å². The number of carboxylic acids is 1. The van der Waals surface area contributed by atoms with Gasteiger partial charge >= 0.3 is 5.97 Å². The van der Waals surface area contributed by atoms with Crippen LogP contribution >= 0.6 is 0 Å². The Bertz CT molecular complexity index is 641. The van der Waals surface area contributed by atoms with Crippen LogP contribution in [0.3, 0.4) is 0 Å². The summed E-state index contributed by atoms with van der Waals surface area (Å²) in [6.07, 6.45) is 5.09. The van der Waals surface area contributed by atoms with Gasteiger partial charge in [-0.15, -0.1) is 0 Å². The predicted octanol–water partition coefficient (Wildman–Crippen LogP) is -0.0903. The van der Waals surface area contributed by atoms with Crippen LogP contribution in [0.2, 0.25) is 0 Å². The number of aromatic nitrogens is 2. The number of carboxylic acid groups (broad SMARTS) is 1. The normalized spacial score (nSPS) is 26.7. The average molecular weight is 315 g/mol. The van der Waals surface area contributed by atoms with Crippen LogP contribution in [-0.2, 0) is 26.1 Å². The zero-order valence-corrected chi connectivity index (χ0v) is 12.2. The Labute approximate surface area is 122 Å². The summed E-state index contributed by atoms with van der Waals surface area (Å²) < 4.78 is 33.6. The lowest BCUT2D eigenvalue weighted by Crippen LogP contribution is -2.51. The lowest BCUT2D eigenvalue weighted by molar-refractivity contribution is -0.137. The highest BCUT2D eigenvalue weighted by atomic mass is 32.2. The summed E-state index contributed by atoms with van der Waals surface area (Å²) in [5.41, 5.74) is 0. The molecule has 1 N–H and O–H groups in total. The summed E-state index contributed by atoms with van der Waals surface area (Å²) in [6.45, 7) is 0.363. The highest BCUT2D eigenvalue weighted by Gasteiger charge is 2.42. The first-order valence-corrected chi connectivity index (χ1v) is 8.30. The summed E-state index contributed by atoms with van der Waals surface area (Å²) in [4.78, 5) is 10.7. The molecule has 0 amide bonds. The van der Waals surface area contributed by atoms with Gasteiger partial charge in [0, 0.05) is 12.7 Å². The van der Waals surface area contributed by atoms with Crippen LogP contribution in [0, 0.1) is 0 Å². The number of sulfonamides is 1. The van der Waals surface area contributed by atoms with Gasteiger partial charge in [0.15, 0.2) is 0 Å². The molecule has 8 nitrogen and oxygen atoms in total. The second kappa shape index (κ2) is 5.39. The highest BCUT2D eigenvalue weighted by molar-refractivity contribution is 7.89. The third-order valence-electron chi connectivity index (χ3n) is 3.94. The van der Waals surface area contributed by atoms with Gasteiger partial charge in [0.05, 0.1) is 24.9 Å². The van der Waals surface area contributed by atoms with E-state index in [9.17, 15) is 13.2 Å². The van der Waals surface area contributed by atoms with Crippen LogP contribution in [-0.4, -0.2) is 58.9 Å². The van der Waals surface area contributed by atoms with Gasteiger partial charge in [-0.2, -0.15) is 9.40 Å². The van der Waals surface area contributed by atoms with Crippen LogP contribution < -0.4 is 0 Å². The number of rotatable bonds is 4. The molecule has 2 fully saturated rings. The van der Waals surface area contributed by atoms with Gasteiger partial charge in [-0.05, 0) is 19.3 Å². The van der Waals surface area contributed by atoms with E-state index in [4.69, 9.17) is 9.84 Å². The number of carbonyl (C=O) groups is 1. The monoisotopic (exact) mass is 315 g/mol. The van der Waals surface area contributed by atoms with Crippen molar-refractivity contribution in [1.82, 2.24) is 14.1 Å². The number of morpholine rings is 1. The summed E-state index contributed by atoms with van der Waals surface area (Å²) in [5, 5.41) is 12.5. The van der Waals surface area contributed by atoms with Gasteiger partial charge < -0.3 is 9.84 Å². The van der Waals surface area contributed by atoms with Crippen molar-refractivity contribution in [1.29, 1.82) is 0 Å². The first-order chi connectivity index (χ1) is 9.98. The number of nitrogens with zero attached hydrogens (tertiary/aromatic N) is 3. The molecule has 1 saturated carbocycles. The van der Waals surface area contributed by atoms with Gasteiger partial charge in [-0.3, -0.25) is 9.48 Å². The third-order valence-corrected chi connectivity index (χ3v) is 5.82. The minimum atomic E-state index is -3.65. The third kappa shape index (κ3) is 2.68. The fraction of sp³-hybridized carbons (Fsp3) is 0.667. The predicted molar refractivity (Wildman–Crippen MR) is 71.1 cm³/mol. The molecule has 0 spiro atoms. The number of hydrogen-bond acceptors (Lipinski definition) is 5. The number of ether oxygens (including phenoxy) is 1. The van der Waals surface area contributed by atoms with E-state index >= 15 is 0 Å². The van der Waals surface area contributed by atoms with Crippen molar-refractivity contribution < 1.29 is 23.1 Å². The molecule has 2 unspecified atom stereocenters. The molecule has 2 atom stereocenters. The molecule has 0 aromatic carbocycles. The first-order valence-electron chi connectivity index (χ1n) is 6.86. The van der Waals surface area contributed by atoms with Crippen molar-refractivity contribution >= 4 is 16.0 Å². The molecule has 1 aromatic heterocycles. The molecule has 9 heteroatoms. The Morgan fingerprint density at radius 1 is 1.48 bits per heavy atom. The average Bonchev–Trinajstić information content (AvgIpc) is 3.05. The van der Waals surface area contributed by atoms with Crippen molar-refractivity contribution in [2.75, 3.05) is 13.2 Å². The Balaban J connectivity index is 1.85. The molecule has 1 aromatic rings. The minimum Gasteiger partial charge on any atom is -0.480 e. The van der Waals surface area contributed by atoms with E-state index in [2.05, 4.69) is 5.10 Å². The van der Waals surface area contributed by atoms with Crippen LogP contribution in [0.5, 0.6) is 0 Å². The highest BCUT2D eigenvalue weighted by Crippen LogP contribution is 2.33. The summed E-state index contributed by atoms with van der Waals surface area (Å²) >= 11 is 0. The molecule has 1 aliphatic heterocycles. The SMILES string of the molecule is O=C(O)Cn1cc(S(=O)(=O)N2CCOC3CCCC32)cn1. The van der Waals surface area contributed by atoms with Crippen LogP contribution in [0.1, 0.15) is 19.3 Å². The second-order valence-corrected chi connectivity index (χ2v) is 7.18. The number of hydrogen-bond donors (Lipinski definition) is 1. The van der Waals surface area contributed by atoms with Crippen LogP contribution in [0.25, 0.3) is 0 Å². The Kier molecular flexibility index (Phi) is 3.72. The molecule has 1 saturated heterocycles. The van der Waals surface area contributed by atoms with Crippen LogP contribution in [0.15, 0.2) is 17.3 Å². The summed E-state index contributed by atoms with van der Waals surface area (Å²) in [5.74, 6) is -1.07. The fourth-order valence-electron chi connectivity index (χ4n) is 3.03. The molecule has 3 rings (SSSR count). The van der Waals surface area contributed by atoms with Gasteiger partial charge in [0.25, 0.3) is 0 Å². The zero-order valence-electron chi connectivity index (χ0n) is 11.4. The molecule has 1 aliphatic carbocycles. The van der Waals surface area contributed by atoms with Crippen molar-refractivity contribution in [3.8, 4) is 0 Å². The van der Waals surface area contributed by atoms with Gasteiger partial charge in [0.1, 0.15) is 11.4 Å². The Morgan fingerprint density at radius 3 is 3.05 bits per heavy atom. The van der Waals surface area contributed by atoms with Crippen molar-refractivity contribution in [3.05, 3.63) is 12.4 Å². The minimum absolute atomic E-state index is 0.0254. The van der Waals surface area contributed by atoms with E-state index < -0.39 is 16.0 Å². The van der Waals surface area contributed by atoms with E-state index in [1.807, 2.05) is 0 Å². The summed E-state index contributed by atoms with van der Waals surface area (Å²) in [6, 6.07) is -0.119. The number of aliphatic carboxylic acids is 1. The second-order valence-electron chi connectivity index (χ2n) is 5.29. The van der Waals surface area contributed by atoms with E-state index in [0.29, 0.717) is 13.2 Å². The van der Waals surface area contributed by atoms with E-state index in [1.54, 1.807) is 0 Å². The quantitative estimate of drug-likeness (QED) is 0.833. The van der Waals surface area contributed by atoms with Gasteiger partial charge in [-0.25, -0.2) is 8.42 Å². The lowest BCUT2D eigenvalue weighted by Gasteiger charge is -2.36. The smallest absolute Gasteiger partial charge is 0.325 e. The largest absolute Gasteiger partial charge is 0.480 e. The Hall–Kier alpha value is -1.45. The van der Waals surface area contributed by atoms with Crippen LogP contribution in [0.4, 0.5) is 0 Å². The molecule has 21 heavy (non-hydrogen) atoms. The topological polar surface area (TPSA) is 102 Å². The van der Waals surface area contributed by atoms with Crippen molar-refractivity contribution in [2.45, 2.75) is 42.8 Å². The van der Waals surface area contributed by atoms with Gasteiger partial charge in [-0.1, -0.05) is 0 Å². The molecule has 116 valence electrons. The maximum Gasteiger partial charge on any atom is 0.325 e. The molecule has 0 radical (unpaired) electrons. The fourth-order valence-corrected chi connectivity index (χ4v) is 4.65. The molecular formula is C12H17N3O5S. The molecule has 2 aliphatic rings. The maximum absolute atomic E-state index is 12.7. The van der Waals surface area contributed by atoms with E-state index in [-0.39, 0.29) is 23.6 Å². The first kappa shape index (κ1) is 14.5. The standard InChI is InChI=1S/C12H17N3O5S/c16-12(17)8-14-7-9(6-13-14)21(18,19)15-4-5-20-11-3-1-2-10(11)15/h6-7,10-11H,1-5,8H2,(H,16,17).